The number of rotatable bonds is 5. The van der Waals surface area contributed by atoms with Crippen LogP contribution in [0, 0.1) is 6.92 Å². The Morgan fingerprint density at radius 1 is 0.939 bits per heavy atom. The van der Waals surface area contributed by atoms with Crippen molar-refractivity contribution in [2.24, 2.45) is 0 Å². The number of aryl methyl sites for hydroxylation is 1. The molecule has 33 heavy (non-hydrogen) atoms. The number of para-hydroxylation sites is 1. The van der Waals surface area contributed by atoms with Gasteiger partial charge >= 0.3 is 0 Å². The molecule has 4 aromatic rings. The van der Waals surface area contributed by atoms with E-state index in [-0.39, 0.29) is 4.90 Å². The Labute approximate surface area is 193 Å². The molecule has 0 radical (unpaired) electrons. The molecule has 7 heteroatoms. The van der Waals surface area contributed by atoms with E-state index >= 15 is 0 Å². The molecule has 1 N–H and O–H groups in total. The van der Waals surface area contributed by atoms with Crippen LogP contribution in [0.5, 0.6) is 11.5 Å². The van der Waals surface area contributed by atoms with Gasteiger partial charge in [0.2, 0.25) is 10.0 Å². The zero-order chi connectivity index (χ0) is 23.2. The summed E-state index contributed by atoms with van der Waals surface area (Å²) in [7, 11) is -0.584. The van der Waals surface area contributed by atoms with Gasteiger partial charge in [0.25, 0.3) is 0 Å². The molecule has 1 atom stereocenters. The lowest BCUT2D eigenvalue weighted by Crippen LogP contribution is -2.40. The van der Waals surface area contributed by atoms with Crippen molar-refractivity contribution in [1.29, 1.82) is 0 Å². The van der Waals surface area contributed by atoms with Crippen LogP contribution in [0.25, 0.3) is 10.9 Å². The second-order valence-electron chi connectivity index (χ2n) is 8.26. The fourth-order valence-corrected chi connectivity index (χ4v) is 6.27. The van der Waals surface area contributed by atoms with Crippen molar-refractivity contribution in [2.45, 2.75) is 24.3 Å². The highest BCUT2D eigenvalue weighted by atomic mass is 32.2. The van der Waals surface area contributed by atoms with Crippen LogP contribution in [-0.2, 0) is 16.4 Å². The van der Waals surface area contributed by atoms with Crippen LogP contribution in [0.3, 0.4) is 0 Å². The van der Waals surface area contributed by atoms with Gasteiger partial charge in [-0.15, -0.1) is 0 Å². The lowest BCUT2D eigenvalue weighted by atomic mass is 9.94. The van der Waals surface area contributed by atoms with E-state index in [0.29, 0.717) is 24.5 Å². The summed E-state index contributed by atoms with van der Waals surface area (Å²) < 4.78 is 40.2. The number of nitrogens with zero attached hydrogens (tertiary/aromatic N) is 1. The van der Waals surface area contributed by atoms with Crippen LogP contribution in [0.1, 0.15) is 28.4 Å². The first-order valence-corrected chi connectivity index (χ1v) is 12.3. The average molecular weight is 463 g/mol. The van der Waals surface area contributed by atoms with Crippen LogP contribution in [0.2, 0.25) is 0 Å². The van der Waals surface area contributed by atoms with E-state index in [9.17, 15) is 8.42 Å². The number of hydrogen-bond donors (Lipinski definition) is 1. The summed E-state index contributed by atoms with van der Waals surface area (Å²) in [5, 5.41) is 1.13. The zero-order valence-electron chi connectivity index (χ0n) is 18.8. The predicted molar refractivity (Wildman–Crippen MR) is 128 cm³/mol. The van der Waals surface area contributed by atoms with Crippen molar-refractivity contribution in [3.63, 3.8) is 0 Å². The highest BCUT2D eigenvalue weighted by Crippen LogP contribution is 2.43. The Bertz CT molecular complexity index is 1420. The fourth-order valence-electron chi connectivity index (χ4n) is 4.68. The van der Waals surface area contributed by atoms with E-state index in [1.54, 1.807) is 30.7 Å². The van der Waals surface area contributed by atoms with Gasteiger partial charge in [0.05, 0.1) is 25.2 Å². The van der Waals surface area contributed by atoms with Gasteiger partial charge in [0.1, 0.15) is 0 Å². The summed E-state index contributed by atoms with van der Waals surface area (Å²) in [5.41, 5.74) is 4.88. The number of H-pyrrole nitrogens is 1. The second-order valence-corrected chi connectivity index (χ2v) is 10.1. The molecule has 3 aromatic carbocycles. The number of ether oxygens (including phenoxy) is 2. The van der Waals surface area contributed by atoms with Crippen LogP contribution >= 0.6 is 0 Å². The minimum absolute atomic E-state index is 0.290. The molecule has 1 aliphatic heterocycles. The van der Waals surface area contributed by atoms with E-state index in [4.69, 9.17) is 9.47 Å². The lowest BCUT2D eigenvalue weighted by Gasteiger charge is -2.35. The van der Waals surface area contributed by atoms with Gasteiger partial charge in [-0.05, 0) is 54.8 Å². The molecule has 1 aliphatic rings. The molecule has 1 unspecified atom stereocenters. The molecule has 0 saturated carbocycles. The zero-order valence-corrected chi connectivity index (χ0v) is 19.6. The highest BCUT2D eigenvalue weighted by Gasteiger charge is 2.39. The minimum Gasteiger partial charge on any atom is -0.493 e. The quantitative estimate of drug-likeness (QED) is 0.461. The van der Waals surface area contributed by atoms with Gasteiger partial charge in [0.15, 0.2) is 11.5 Å². The van der Waals surface area contributed by atoms with Gasteiger partial charge in [-0.1, -0.05) is 42.0 Å². The maximum absolute atomic E-state index is 13.8. The SMILES string of the molecule is COc1ccc(C2c3[nH]c4ccccc4c3CCN2S(=O)(=O)c2ccc(C)cc2)cc1OC. The Morgan fingerprint density at radius 2 is 1.67 bits per heavy atom. The summed E-state index contributed by atoms with van der Waals surface area (Å²) in [6.07, 6.45) is 0.633. The van der Waals surface area contributed by atoms with E-state index in [0.717, 1.165) is 33.3 Å². The number of methoxy groups -OCH3 is 2. The van der Waals surface area contributed by atoms with Crippen LogP contribution < -0.4 is 9.47 Å². The number of aromatic amines is 1. The van der Waals surface area contributed by atoms with Crippen molar-refractivity contribution >= 4 is 20.9 Å². The first-order valence-electron chi connectivity index (χ1n) is 10.8. The first-order chi connectivity index (χ1) is 15.9. The van der Waals surface area contributed by atoms with Crippen molar-refractivity contribution in [1.82, 2.24) is 9.29 Å². The van der Waals surface area contributed by atoms with Crippen molar-refractivity contribution in [3.8, 4) is 11.5 Å². The number of hydrogen-bond acceptors (Lipinski definition) is 4. The lowest BCUT2D eigenvalue weighted by molar-refractivity contribution is 0.334. The Hall–Kier alpha value is -3.29. The summed E-state index contributed by atoms with van der Waals surface area (Å²) in [5.74, 6) is 1.16. The smallest absolute Gasteiger partial charge is 0.244 e. The molecule has 2 heterocycles. The van der Waals surface area contributed by atoms with Gasteiger partial charge in [-0.25, -0.2) is 8.42 Å². The molecule has 0 bridgehead atoms. The molecule has 1 aromatic heterocycles. The number of sulfonamides is 1. The molecule has 0 fully saturated rings. The maximum atomic E-state index is 13.8. The predicted octanol–water partition coefficient (Wildman–Crippen LogP) is 4.83. The summed E-state index contributed by atoms with van der Waals surface area (Å²) in [6.45, 7) is 2.32. The topological polar surface area (TPSA) is 71.6 Å². The molecule has 0 amide bonds. The first kappa shape index (κ1) is 21.6. The van der Waals surface area contributed by atoms with Crippen LogP contribution in [-0.4, -0.2) is 38.5 Å². The van der Waals surface area contributed by atoms with Crippen molar-refractivity contribution in [2.75, 3.05) is 20.8 Å². The monoisotopic (exact) mass is 462 g/mol. The third kappa shape index (κ3) is 3.57. The fraction of sp³-hybridized carbons (Fsp3) is 0.231. The second kappa shape index (κ2) is 8.24. The molecule has 0 spiro atoms. The third-order valence-corrected chi connectivity index (χ3v) is 8.22. The van der Waals surface area contributed by atoms with E-state index in [1.165, 1.54) is 0 Å². The van der Waals surface area contributed by atoms with Gasteiger partial charge in [0, 0.05) is 23.1 Å². The Morgan fingerprint density at radius 3 is 2.39 bits per heavy atom. The normalized spacial score (nSPS) is 16.5. The number of fused-ring (bicyclic) bond motifs is 3. The number of nitrogens with one attached hydrogen (secondary N) is 1. The highest BCUT2D eigenvalue weighted by molar-refractivity contribution is 7.89. The van der Waals surface area contributed by atoms with E-state index < -0.39 is 16.1 Å². The van der Waals surface area contributed by atoms with Crippen LogP contribution in [0.15, 0.2) is 71.6 Å². The molecular weight excluding hydrogens is 436 g/mol. The summed E-state index contributed by atoms with van der Waals surface area (Å²) in [6, 6.07) is 20.2. The average Bonchev–Trinajstić information content (AvgIpc) is 3.22. The molecule has 0 saturated heterocycles. The molecule has 170 valence electrons. The molecule has 6 nitrogen and oxygen atoms in total. The molecule has 0 aliphatic carbocycles. The summed E-state index contributed by atoms with van der Waals surface area (Å²) in [4.78, 5) is 3.81. The van der Waals surface area contributed by atoms with Crippen molar-refractivity contribution < 1.29 is 17.9 Å². The van der Waals surface area contributed by atoms with E-state index in [2.05, 4.69) is 11.1 Å². The van der Waals surface area contributed by atoms with E-state index in [1.807, 2.05) is 55.5 Å². The Balaban J connectivity index is 1.72. The largest absolute Gasteiger partial charge is 0.493 e. The van der Waals surface area contributed by atoms with Gasteiger partial charge in [-0.2, -0.15) is 4.31 Å². The number of aromatic nitrogens is 1. The van der Waals surface area contributed by atoms with Crippen molar-refractivity contribution in [3.05, 3.63) is 89.1 Å². The third-order valence-electron chi connectivity index (χ3n) is 6.34. The van der Waals surface area contributed by atoms with Gasteiger partial charge in [-0.3, -0.25) is 0 Å². The molecule has 5 rings (SSSR count). The Kier molecular flexibility index (Phi) is 5.38. The maximum Gasteiger partial charge on any atom is 0.244 e. The number of benzene rings is 3. The van der Waals surface area contributed by atoms with Gasteiger partial charge < -0.3 is 14.5 Å². The standard InChI is InChI=1S/C26H26N2O4S/c1-17-8-11-19(12-9-17)33(29,30)28-15-14-21-20-6-4-5-7-22(20)27-25(21)26(28)18-10-13-23(31-2)24(16-18)32-3/h4-13,16,26-27H,14-15H2,1-3H3. The van der Waals surface area contributed by atoms with Crippen LogP contribution in [0.4, 0.5) is 0 Å². The molecular formula is C26H26N2O4S. The minimum atomic E-state index is -3.75. The summed E-state index contributed by atoms with van der Waals surface area (Å²) >= 11 is 0.